The molecular formula is C16H15F2NO. The maximum atomic E-state index is 13.8. The van der Waals surface area contributed by atoms with Crippen LogP contribution in [0.1, 0.15) is 22.8 Å². The second-order valence-electron chi connectivity index (χ2n) is 4.69. The molecule has 0 saturated heterocycles. The Labute approximate surface area is 116 Å². The molecule has 20 heavy (non-hydrogen) atoms. The van der Waals surface area contributed by atoms with Gasteiger partial charge in [0.1, 0.15) is 11.6 Å². The number of carbonyl (C=O) groups is 1. The van der Waals surface area contributed by atoms with Crippen molar-refractivity contribution >= 4 is 17.2 Å². The van der Waals surface area contributed by atoms with Gasteiger partial charge in [-0.15, -0.1) is 0 Å². The zero-order valence-corrected chi connectivity index (χ0v) is 11.6. The summed E-state index contributed by atoms with van der Waals surface area (Å²) in [6.45, 7) is 2.97. The molecule has 0 fully saturated rings. The number of Topliss-reactive ketones (excluding diaryl/α,β-unsaturated/α-hetero) is 1. The van der Waals surface area contributed by atoms with E-state index >= 15 is 0 Å². The second-order valence-corrected chi connectivity index (χ2v) is 4.69. The molecule has 0 amide bonds. The molecule has 4 heteroatoms. The molecule has 0 aliphatic heterocycles. The summed E-state index contributed by atoms with van der Waals surface area (Å²) in [5, 5.41) is 0. The fraction of sp³-hybridized carbons (Fsp3) is 0.188. The van der Waals surface area contributed by atoms with E-state index in [1.165, 1.54) is 19.1 Å². The molecule has 0 aliphatic rings. The van der Waals surface area contributed by atoms with E-state index in [0.29, 0.717) is 16.9 Å². The topological polar surface area (TPSA) is 20.3 Å². The maximum Gasteiger partial charge on any atom is 0.162 e. The molecule has 0 aliphatic carbocycles. The van der Waals surface area contributed by atoms with Gasteiger partial charge < -0.3 is 4.90 Å². The maximum absolute atomic E-state index is 13.8. The van der Waals surface area contributed by atoms with Gasteiger partial charge in [0.25, 0.3) is 0 Å². The number of carbonyl (C=O) groups excluding carboxylic acids is 1. The number of benzene rings is 2. The molecule has 2 rings (SSSR count). The molecule has 0 aromatic heterocycles. The van der Waals surface area contributed by atoms with E-state index in [0.717, 1.165) is 0 Å². The van der Waals surface area contributed by atoms with Crippen molar-refractivity contribution in [1.29, 1.82) is 0 Å². The fourth-order valence-corrected chi connectivity index (χ4v) is 2.08. The minimum atomic E-state index is -0.444. The monoisotopic (exact) mass is 275 g/mol. The fourth-order valence-electron chi connectivity index (χ4n) is 2.08. The number of rotatable bonds is 3. The molecule has 0 spiro atoms. The summed E-state index contributed by atoms with van der Waals surface area (Å²) in [6.07, 6.45) is 0. The number of halogens is 2. The minimum absolute atomic E-state index is 0.235. The van der Waals surface area contributed by atoms with Gasteiger partial charge in [0, 0.05) is 12.6 Å². The van der Waals surface area contributed by atoms with Gasteiger partial charge in [0.15, 0.2) is 5.78 Å². The van der Waals surface area contributed by atoms with Crippen LogP contribution in [0.25, 0.3) is 0 Å². The number of ketones is 1. The predicted octanol–water partition coefficient (Wildman–Crippen LogP) is 4.24. The average Bonchev–Trinajstić information content (AvgIpc) is 2.41. The lowest BCUT2D eigenvalue weighted by molar-refractivity contribution is 0.101. The normalized spacial score (nSPS) is 10.4. The molecule has 2 aromatic carbocycles. The second kappa shape index (κ2) is 5.41. The van der Waals surface area contributed by atoms with Crippen LogP contribution in [0.4, 0.5) is 20.2 Å². The van der Waals surface area contributed by atoms with E-state index in [1.807, 2.05) is 0 Å². The van der Waals surface area contributed by atoms with Crippen LogP contribution in [0.15, 0.2) is 36.4 Å². The number of nitrogens with zero attached hydrogens (tertiary/aromatic N) is 1. The van der Waals surface area contributed by atoms with Crippen molar-refractivity contribution in [2.75, 3.05) is 11.9 Å². The third-order valence-corrected chi connectivity index (χ3v) is 3.23. The van der Waals surface area contributed by atoms with Crippen molar-refractivity contribution in [3.05, 3.63) is 59.2 Å². The molecule has 0 radical (unpaired) electrons. The number of anilines is 2. The Balaban J connectivity index is 2.60. The minimum Gasteiger partial charge on any atom is -0.342 e. The lowest BCUT2D eigenvalue weighted by Gasteiger charge is -2.23. The van der Waals surface area contributed by atoms with Crippen LogP contribution in [0.3, 0.4) is 0 Å². The number of hydrogen-bond donors (Lipinski definition) is 0. The lowest BCUT2D eigenvalue weighted by atomic mass is 10.0. The van der Waals surface area contributed by atoms with Gasteiger partial charge in [0.05, 0.1) is 11.4 Å². The summed E-state index contributed by atoms with van der Waals surface area (Å²) in [7, 11) is 1.65. The highest BCUT2D eigenvalue weighted by molar-refractivity contribution is 6.00. The van der Waals surface area contributed by atoms with Crippen LogP contribution in [-0.2, 0) is 0 Å². The Hall–Kier alpha value is -2.23. The summed E-state index contributed by atoms with van der Waals surface area (Å²) in [4.78, 5) is 13.2. The van der Waals surface area contributed by atoms with Crippen molar-refractivity contribution < 1.29 is 13.6 Å². The summed E-state index contributed by atoms with van der Waals surface area (Å²) in [5.74, 6) is -1.10. The van der Waals surface area contributed by atoms with E-state index in [9.17, 15) is 13.6 Å². The Morgan fingerprint density at radius 2 is 1.70 bits per heavy atom. The van der Waals surface area contributed by atoms with Crippen molar-refractivity contribution in [3.8, 4) is 0 Å². The zero-order chi connectivity index (χ0) is 14.9. The van der Waals surface area contributed by atoms with Crippen LogP contribution < -0.4 is 4.90 Å². The summed E-state index contributed by atoms with van der Waals surface area (Å²) in [5.41, 5.74) is 1.47. The molecule has 2 aromatic rings. The highest BCUT2D eigenvalue weighted by atomic mass is 19.1. The van der Waals surface area contributed by atoms with E-state index in [4.69, 9.17) is 0 Å². The zero-order valence-electron chi connectivity index (χ0n) is 11.6. The quantitative estimate of drug-likeness (QED) is 0.781. The largest absolute Gasteiger partial charge is 0.342 e. The van der Waals surface area contributed by atoms with E-state index in [-0.39, 0.29) is 11.3 Å². The van der Waals surface area contributed by atoms with Gasteiger partial charge in [-0.3, -0.25) is 4.79 Å². The van der Waals surface area contributed by atoms with E-state index < -0.39 is 11.6 Å². The van der Waals surface area contributed by atoms with Gasteiger partial charge in [0.2, 0.25) is 0 Å². The molecule has 0 unspecified atom stereocenters. The van der Waals surface area contributed by atoms with Gasteiger partial charge in [-0.1, -0.05) is 12.1 Å². The molecule has 104 valence electrons. The number of aryl methyl sites for hydroxylation is 1. The first-order valence-electron chi connectivity index (χ1n) is 6.21. The van der Waals surface area contributed by atoms with Gasteiger partial charge in [-0.25, -0.2) is 8.78 Å². The average molecular weight is 275 g/mol. The highest BCUT2D eigenvalue weighted by Crippen LogP contribution is 2.31. The van der Waals surface area contributed by atoms with Gasteiger partial charge >= 0.3 is 0 Å². The van der Waals surface area contributed by atoms with Gasteiger partial charge in [-0.05, 0) is 43.7 Å². The molecular weight excluding hydrogens is 260 g/mol. The van der Waals surface area contributed by atoms with Crippen LogP contribution >= 0.6 is 0 Å². The van der Waals surface area contributed by atoms with Crippen molar-refractivity contribution in [3.63, 3.8) is 0 Å². The van der Waals surface area contributed by atoms with Crippen molar-refractivity contribution in [1.82, 2.24) is 0 Å². The molecule has 0 heterocycles. The highest BCUT2D eigenvalue weighted by Gasteiger charge is 2.17. The van der Waals surface area contributed by atoms with E-state index in [1.54, 1.807) is 43.1 Å². The van der Waals surface area contributed by atoms with Crippen molar-refractivity contribution in [2.24, 2.45) is 0 Å². The molecule has 0 bridgehead atoms. The van der Waals surface area contributed by atoms with Crippen LogP contribution in [0, 0.1) is 18.6 Å². The molecule has 0 saturated carbocycles. The van der Waals surface area contributed by atoms with Crippen molar-refractivity contribution in [2.45, 2.75) is 13.8 Å². The molecule has 0 N–H and O–H groups in total. The van der Waals surface area contributed by atoms with Crippen LogP contribution in [-0.4, -0.2) is 12.8 Å². The third-order valence-electron chi connectivity index (χ3n) is 3.23. The Bertz CT molecular complexity index is 668. The Morgan fingerprint density at radius 1 is 1.05 bits per heavy atom. The first kappa shape index (κ1) is 14.2. The first-order chi connectivity index (χ1) is 9.41. The Kier molecular flexibility index (Phi) is 3.84. The standard InChI is InChI=1S/C16H15F2NO/c1-10-8-16(12(11(2)20)9-14(10)18)19(3)15-7-5-4-6-13(15)17/h4-9H,1-3H3. The number of para-hydroxylation sites is 1. The third kappa shape index (κ3) is 2.54. The summed E-state index contributed by atoms with van der Waals surface area (Å²) >= 11 is 0. The Morgan fingerprint density at radius 3 is 2.30 bits per heavy atom. The van der Waals surface area contributed by atoms with Crippen LogP contribution in [0.5, 0.6) is 0 Å². The molecule has 0 atom stereocenters. The first-order valence-corrected chi connectivity index (χ1v) is 6.21. The lowest BCUT2D eigenvalue weighted by Crippen LogP contribution is -2.15. The summed E-state index contributed by atoms with van der Waals surface area (Å²) < 4.78 is 27.5. The molecule has 2 nitrogen and oxygen atoms in total. The van der Waals surface area contributed by atoms with E-state index in [2.05, 4.69) is 0 Å². The smallest absolute Gasteiger partial charge is 0.162 e. The SMILES string of the molecule is CC(=O)c1cc(F)c(C)cc1N(C)c1ccccc1F. The van der Waals surface area contributed by atoms with Gasteiger partial charge in [-0.2, -0.15) is 0 Å². The number of hydrogen-bond acceptors (Lipinski definition) is 2. The van der Waals surface area contributed by atoms with Crippen LogP contribution in [0.2, 0.25) is 0 Å². The summed E-state index contributed by atoms with van der Waals surface area (Å²) in [6, 6.07) is 9.00. The predicted molar refractivity (Wildman–Crippen MR) is 75.6 cm³/mol.